The van der Waals surface area contributed by atoms with E-state index in [1.54, 1.807) is 0 Å². The Balaban J connectivity index is 2.10. The second-order valence-corrected chi connectivity index (χ2v) is 14.0. The lowest BCUT2D eigenvalue weighted by atomic mass is 10.1. The maximum atomic E-state index is 11.6. The number of benzene rings is 1. The molecule has 2 rings (SSSR count). The van der Waals surface area contributed by atoms with Crippen molar-refractivity contribution in [2.24, 2.45) is 0 Å². The zero-order chi connectivity index (χ0) is 15.0. The van der Waals surface area contributed by atoms with Gasteiger partial charge in [-0.2, -0.15) is 8.42 Å². The molecular weight excluding hydrogens is 288 g/mol. The fraction of sp³-hybridized carbons (Fsp3) is 0.600. The van der Waals surface area contributed by atoms with Crippen LogP contribution in [0.5, 0.6) is 0 Å². The summed E-state index contributed by atoms with van der Waals surface area (Å²) in [6, 6.07) is 10.2. The predicted octanol–water partition coefficient (Wildman–Crippen LogP) is 3.45. The fourth-order valence-electron chi connectivity index (χ4n) is 3.09. The van der Waals surface area contributed by atoms with Crippen LogP contribution < -0.4 is 0 Å². The van der Waals surface area contributed by atoms with Gasteiger partial charge in [-0.1, -0.05) is 50.0 Å². The molecule has 0 radical (unpaired) electrons. The Kier molecular flexibility index (Phi) is 4.15. The van der Waals surface area contributed by atoms with Crippen LogP contribution in [0.25, 0.3) is 0 Å². The van der Waals surface area contributed by atoms with Gasteiger partial charge in [0.2, 0.25) is 0 Å². The minimum Gasteiger partial charge on any atom is -0.264 e. The molecule has 2 atom stereocenters. The van der Waals surface area contributed by atoms with Gasteiger partial charge in [0.1, 0.15) is 0 Å². The third-order valence-corrected chi connectivity index (χ3v) is 7.52. The largest absolute Gasteiger partial charge is 0.264 e. The van der Waals surface area contributed by atoms with Gasteiger partial charge in [-0.3, -0.25) is 4.18 Å². The molecule has 5 heteroatoms. The summed E-state index contributed by atoms with van der Waals surface area (Å²) in [6.07, 6.45) is 3.72. The zero-order valence-corrected chi connectivity index (χ0v) is 14.5. The van der Waals surface area contributed by atoms with Crippen molar-refractivity contribution in [3.63, 3.8) is 0 Å². The molecule has 1 fully saturated rings. The van der Waals surface area contributed by atoms with Crippen molar-refractivity contribution in [1.82, 2.24) is 0 Å². The quantitative estimate of drug-likeness (QED) is 0.597. The first-order valence-electron chi connectivity index (χ1n) is 7.07. The van der Waals surface area contributed by atoms with Crippen molar-refractivity contribution < 1.29 is 12.6 Å². The topological polar surface area (TPSA) is 43.4 Å². The summed E-state index contributed by atoms with van der Waals surface area (Å²) in [4.78, 5) is 0. The van der Waals surface area contributed by atoms with Crippen LogP contribution in [0.1, 0.15) is 18.4 Å². The summed E-state index contributed by atoms with van der Waals surface area (Å²) < 4.78 is 28.6. The maximum Gasteiger partial charge on any atom is 0.264 e. The molecular formula is C15H24O3SSi. The van der Waals surface area contributed by atoms with E-state index in [-0.39, 0.29) is 0 Å². The zero-order valence-electron chi connectivity index (χ0n) is 12.7. The van der Waals surface area contributed by atoms with Gasteiger partial charge >= 0.3 is 0 Å². The highest BCUT2D eigenvalue weighted by atomic mass is 32.2. The standard InChI is InChI=1S/C15H24O3SSi/c1-19(16,17)18-15(12-14(15)20(2,3)4)11-10-13-8-6-5-7-9-13/h5-9,14H,10-12H2,1-4H3/t14-,15-/m1/s1. The molecule has 0 heterocycles. The van der Waals surface area contributed by atoms with Crippen molar-refractivity contribution in [3.05, 3.63) is 35.9 Å². The van der Waals surface area contributed by atoms with Crippen LogP contribution in [-0.4, -0.2) is 28.3 Å². The molecule has 0 unspecified atom stereocenters. The van der Waals surface area contributed by atoms with E-state index in [0.717, 1.165) is 25.5 Å². The van der Waals surface area contributed by atoms with Gasteiger partial charge in [0, 0.05) is 0 Å². The van der Waals surface area contributed by atoms with Crippen molar-refractivity contribution >= 4 is 18.2 Å². The molecule has 0 amide bonds. The van der Waals surface area contributed by atoms with Crippen molar-refractivity contribution in [2.45, 2.75) is 50.0 Å². The average Bonchev–Trinajstić information content (AvgIpc) is 3.00. The molecule has 0 aromatic heterocycles. The molecule has 0 aliphatic heterocycles. The highest BCUT2D eigenvalue weighted by molar-refractivity contribution is 7.86. The first-order valence-corrected chi connectivity index (χ1v) is 12.5. The van der Waals surface area contributed by atoms with Gasteiger partial charge in [0.05, 0.1) is 19.9 Å². The molecule has 3 nitrogen and oxygen atoms in total. The highest BCUT2D eigenvalue weighted by Gasteiger charge is 2.62. The Bertz CT molecular complexity index is 563. The maximum absolute atomic E-state index is 11.6. The lowest BCUT2D eigenvalue weighted by Gasteiger charge is -2.23. The molecule has 0 N–H and O–H groups in total. The van der Waals surface area contributed by atoms with E-state index in [9.17, 15) is 8.42 Å². The molecule has 1 aromatic carbocycles. The minimum absolute atomic E-state index is 0.437. The van der Waals surface area contributed by atoms with E-state index in [2.05, 4.69) is 31.8 Å². The third-order valence-electron chi connectivity index (χ3n) is 4.07. The normalized spacial score (nSPS) is 26.5. The van der Waals surface area contributed by atoms with E-state index in [0.29, 0.717) is 5.54 Å². The van der Waals surface area contributed by atoms with Crippen molar-refractivity contribution in [2.75, 3.05) is 6.26 Å². The number of hydrogen-bond acceptors (Lipinski definition) is 3. The van der Waals surface area contributed by atoms with E-state index < -0.39 is 23.8 Å². The smallest absolute Gasteiger partial charge is 0.264 e. The molecule has 1 aliphatic rings. The summed E-state index contributed by atoms with van der Waals surface area (Å²) in [6.45, 7) is 6.86. The van der Waals surface area contributed by atoms with E-state index >= 15 is 0 Å². The number of rotatable bonds is 6. The van der Waals surface area contributed by atoms with Gasteiger partial charge in [0.15, 0.2) is 0 Å². The Morgan fingerprint density at radius 3 is 2.30 bits per heavy atom. The molecule has 1 aliphatic carbocycles. The highest BCUT2D eigenvalue weighted by Crippen LogP contribution is 2.60. The van der Waals surface area contributed by atoms with Crippen LogP contribution in [0.2, 0.25) is 25.2 Å². The average molecular weight is 313 g/mol. The lowest BCUT2D eigenvalue weighted by Crippen LogP contribution is -2.30. The van der Waals surface area contributed by atoms with Crippen LogP contribution in [0.15, 0.2) is 30.3 Å². The van der Waals surface area contributed by atoms with E-state index in [1.165, 1.54) is 5.56 Å². The molecule has 0 saturated heterocycles. The molecule has 0 bridgehead atoms. The monoisotopic (exact) mass is 312 g/mol. The molecule has 0 spiro atoms. The summed E-state index contributed by atoms with van der Waals surface area (Å²) in [5.41, 5.74) is 1.24. The summed E-state index contributed by atoms with van der Waals surface area (Å²) in [5, 5.41) is 0. The Labute approximate surface area is 123 Å². The Morgan fingerprint density at radius 2 is 1.85 bits per heavy atom. The van der Waals surface area contributed by atoms with Crippen LogP contribution in [-0.2, 0) is 20.7 Å². The number of aryl methyl sites for hydroxylation is 1. The van der Waals surface area contributed by atoms with Crippen LogP contribution in [0, 0.1) is 0 Å². The minimum atomic E-state index is -3.39. The van der Waals surface area contributed by atoms with Gasteiger partial charge < -0.3 is 0 Å². The SMILES string of the molecule is C[Si](C)(C)[C@@H]1C[C@@]1(CCc1ccccc1)OS(C)(=O)=O. The second kappa shape index (κ2) is 5.28. The van der Waals surface area contributed by atoms with E-state index in [1.807, 2.05) is 18.2 Å². The summed E-state index contributed by atoms with van der Waals surface area (Å²) >= 11 is 0. The van der Waals surface area contributed by atoms with Crippen LogP contribution in [0.4, 0.5) is 0 Å². The lowest BCUT2D eigenvalue weighted by molar-refractivity contribution is 0.178. The van der Waals surface area contributed by atoms with E-state index in [4.69, 9.17) is 4.18 Å². The first kappa shape index (κ1) is 15.7. The molecule has 20 heavy (non-hydrogen) atoms. The van der Waals surface area contributed by atoms with Gasteiger partial charge in [-0.05, 0) is 30.4 Å². The first-order chi connectivity index (χ1) is 9.12. The Morgan fingerprint density at radius 1 is 1.25 bits per heavy atom. The molecule has 1 saturated carbocycles. The Hall–Kier alpha value is -0.653. The second-order valence-electron chi connectivity index (χ2n) is 6.96. The van der Waals surface area contributed by atoms with Gasteiger partial charge in [-0.15, -0.1) is 0 Å². The number of hydrogen-bond donors (Lipinski definition) is 0. The van der Waals surface area contributed by atoms with Crippen molar-refractivity contribution in [3.8, 4) is 0 Å². The van der Waals surface area contributed by atoms with Crippen LogP contribution >= 0.6 is 0 Å². The van der Waals surface area contributed by atoms with Crippen molar-refractivity contribution in [1.29, 1.82) is 0 Å². The fourth-order valence-corrected chi connectivity index (χ4v) is 6.79. The predicted molar refractivity (Wildman–Crippen MR) is 85.1 cm³/mol. The van der Waals surface area contributed by atoms with Crippen LogP contribution in [0.3, 0.4) is 0 Å². The molecule has 1 aromatic rings. The third kappa shape index (κ3) is 3.93. The van der Waals surface area contributed by atoms with Gasteiger partial charge in [-0.25, -0.2) is 0 Å². The summed E-state index contributed by atoms with van der Waals surface area (Å²) in [7, 11) is -4.78. The molecule has 112 valence electrons. The van der Waals surface area contributed by atoms with Gasteiger partial charge in [0.25, 0.3) is 10.1 Å². The summed E-state index contributed by atoms with van der Waals surface area (Å²) in [5.74, 6) is 0.